The van der Waals surface area contributed by atoms with Gasteiger partial charge in [-0.1, -0.05) is 0 Å². The highest BCUT2D eigenvalue weighted by Gasteiger charge is 2.41. The summed E-state index contributed by atoms with van der Waals surface area (Å²) < 4.78 is 38.1. The first kappa shape index (κ1) is 16.7. The van der Waals surface area contributed by atoms with E-state index in [4.69, 9.17) is 17.3 Å². The van der Waals surface area contributed by atoms with Crippen molar-refractivity contribution in [2.45, 2.75) is 24.9 Å². The number of nitrogens with zero attached hydrogens (tertiary/aromatic N) is 2. The van der Waals surface area contributed by atoms with Crippen molar-refractivity contribution >= 4 is 28.7 Å². The first-order chi connectivity index (χ1) is 10.2. The largest absolute Gasteiger partial charge is 0.393 e. The van der Waals surface area contributed by atoms with Crippen molar-refractivity contribution in [1.82, 2.24) is 0 Å². The summed E-state index contributed by atoms with van der Waals surface area (Å²) in [6, 6.07) is 2.71. The number of halogens is 4. The molecular formula is C13H15ClF3N3O2. The number of nitrogens with two attached hydrogens (primary N) is 1. The molecular weight excluding hydrogens is 323 g/mol. The number of nitro benzene ring substituents is 1. The van der Waals surface area contributed by atoms with Crippen LogP contribution in [0.15, 0.2) is 12.1 Å². The normalized spacial score (nSPS) is 16.8. The third kappa shape index (κ3) is 3.37. The van der Waals surface area contributed by atoms with Gasteiger partial charge >= 0.3 is 6.18 Å². The van der Waals surface area contributed by atoms with Crippen molar-refractivity contribution < 1.29 is 18.1 Å². The van der Waals surface area contributed by atoms with Crippen molar-refractivity contribution in [3.63, 3.8) is 0 Å². The molecule has 5 nitrogen and oxygen atoms in total. The predicted octanol–water partition coefficient (Wildman–Crippen LogP) is 3.69. The molecule has 1 fully saturated rings. The molecule has 0 unspecified atom stereocenters. The predicted molar refractivity (Wildman–Crippen MR) is 78.1 cm³/mol. The fourth-order valence-electron chi connectivity index (χ4n) is 2.64. The summed E-state index contributed by atoms with van der Waals surface area (Å²) in [6.45, 7) is 0.427. The molecule has 0 bridgehead atoms. The summed E-state index contributed by atoms with van der Waals surface area (Å²) in [5.74, 6) is -1.28. The molecule has 0 aromatic heterocycles. The molecule has 0 aliphatic carbocycles. The van der Waals surface area contributed by atoms with E-state index in [9.17, 15) is 23.3 Å². The SMILES string of the molecule is Nc1cc(N2CCC(C(F)(F)F)CC2)c(CCl)cc1[N+](=O)[O-]. The Hall–Kier alpha value is -1.70. The molecule has 2 rings (SSSR count). The lowest BCUT2D eigenvalue weighted by Crippen LogP contribution is -2.39. The zero-order valence-corrected chi connectivity index (χ0v) is 12.3. The van der Waals surface area contributed by atoms with E-state index >= 15 is 0 Å². The van der Waals surface area contributed by atoms with Crippen LogP contribution in [0.4, 0.5) is 30.2 Å². The fraction of sp³-hybridized carbons (Fsp3) is 0.538. The molecule has 1 aliphatic rings. The molecule has 1 aromatic carbocycles. The molecule has 22 heavy (non-hydrogen) atoms. The maximum atomic E-state index is 12.7. The molecule has 0 saturated carbocycles. The van der Waals surface area contributed by atoms with Gasteiger partial charge in [-0.3, -0.25) is 10.1 Å². The number of hydrogen-bond donors (Lipinski definition) is 1. The summed E-state index contributed by atoms with van der Waals surface area (Å²) in [7, 11) is 0. The number of anilines is 2. The molecule has 1 saturated heterocycles. The van der Waals surface area contributed by atoms with Crippen LogP contribution in [0.25, 0.3) is 0 Å². The third-order valence-corrected chi connectivity index (χ3v) is 4.16. The molecule has 0 spiro atoms. The number of nitro groups is 1. The van der Waals surface area contributed by atoms with Crippen LogP contribution >= 0.6 is 11.6 Å². The lowest BCUT2D eigenvalue weighted by atomic mass is 9.95. The Kier molecular flexibility index (Phi) is 4.69. The topological polar surface area (TPSA) is 72.4 Å². The van der Waals surface area contributed by atoms with E-state index in [0.717, 1.165) is 0 Å². The molecule has 122 valence electrons. The van der Waals surface area contributed by atoms with Crippen LogP contribution in [0, 0.1) is 16.0 Å². The van der Waals surface area contributed by atoms with E-state index in [0.29, 0.717) is 11.3 Å². The standard InChI is InChI=1S/C13H15ClF3N3O2/c14-7-8-5-12(20(21)22)10(18)6-11(8)19-3-1-9(2-4-19)13(15,16)17/h5-6,9H,1-4,7,18H2. The Bertz CT molecular complexity index is 572. The Morgan fingerprint density at radius 2 is 1.95 bits per heavy atom. The molecule has 0 amide bonds. The zero-order chi connectivity index (χ0) is 16.5. The van der Waals surface area contributed by atoms with Gasteiger partial charge in [0.1, 0.15) is 5.69 Å². The van der Waals surface area contributed by atoms with Crippen LogP contribution in [0.2, 0.25) is 0 Å². The minimum absolute atomic E-state index is 0.0118. The van der Waals surface area contributed by atoms with Crippen LogP contribution in [0.3, 0.4) is 0 Å². The second-order valence-electron chi connectivity index (χ2n) is 5.23. The van der Waals surface area contributed by atoms with Crippen LogP contribution < -0.4 is 10.6 Å². The van der Waals surface area contributed by atoms with Gasteiger partial charge in [-0.15, -0.1) is 11.6 Å². The van der Waals surface area contributed by atoms with Crippen LogP contribution in [0.1, 0.15) is 18.4 Å². The van der Waals surface area contributed by atoms with Crippen LogP contribution in [0.5, 0.6) is 0 Å². The quantitative estimate of drug-likeness (QED) is 0.395. The fourth-order valence-corrected chi connectivity index (χ4v) is 2.86. The van der Waals surface area contributed by atoms with E-state index in [1.165, 1.54) is 12.1 Å². The van der Waals surface area contributed by atoms with Crippen molar-refractivity contribution in [1.29, 1.82) is 0 Å². The number of hydrogen-bond acceptors (Lipinski definition) is 4. The average molecular weight is 338 g/mol. The summed E-state index contributed by atoms with van der Waals surface area (Å²) in [5, 5.41) is 10.9. The highest BCUT2D eigenvalue weighted by atomic mass is 35.5. The van der Waals surface area contributed by atoms with Gasteiger partial charge in [0.05, 0.1) is 10.8 Å². The van der Waals surface area contributed by atoms with Crippen LogP contribution in [-0.2, 0) is 5.88 Å². The average Bonchev–Trinajstić information content (AvgIpc) is 2.46. The highest BCUT2D eigenvalue weighted by Crippen LogP contribution is 2.38. The Morgan fingerprint density at radius 1 is 1.36 bits per heavy atom. The lowest BCUT2D eigenvalue weighted by Gasteiger charge is -2.35. The Morgan fingerprint density at radius 3 is 2.41 bits per heavy atom. The van der Waals surface area contributed by atoms with Gasteiger partial charge in [-0.05, 0) is 24.5 Å². The summed E-state index contributed by atoms with van der Waals surface area (Å²) >= 11 is 5.81. The molecule has 9 heteroatoms. The third-order valence-electron chi connectivity index (χ3n) is 3.87. The van der Waals surface area contributed by atoms with Crippen LogP contribution in [-0.4, -0.2) is 24.2 Å². The van der Waals surface area contributed by atoms with Crippen molar-refractivity contribution in [3.8, 4) is 0 Å². The van der Waals surface area contributed by atoms with Gasteiger partial charge in [0, 0.05) is 30.7 Å². The van der Waals surface area contributed by atoms with Gasteiger partial charge < -0.3 is 10.6 Å². The van der Waals surface area contributed by atoms with E-state index < -0.39 is 17.0 Å². The van der Waals surface area contributed by atoms with E-state index in [1.807, 2.05) is 0 Å². The number of benzene rings is 1. The monoisotopic (exact) mass is 337 g/mol. The smallest absolute Gasteiger partial charge is 0.391 e. The lowest BCUT2D eigenvalue weighted by molar-refractivity contribution is -0.383. The Balaban J connectivity index is 2.23. The molecule has 0 radical (unpaired) electrons. The van der Waals surface area contributed by atoms with Gasteiger partial charge in [0.15, 0.2) is 0 Å². The number of piperidine rings is 1. The Labute approximate surface area is 130 Å². The summed E-state index contributed by atoms with van der Waals surface area (Å²) in [5.41, 5.74) is 6.45. The maximum Gasteiger partial charge on any atom is 0.391 e. The molecule has 1 aromatic rings. The number of nitrogen functional groups attached to an aromatic ring is 1. The van der Waals surface area contributed by atoms with E-state index in [2.05, 4.69) is 0 Å². The molecule has 2 N–H and O–H groups in total. The van der Waals surface area contributed by atoms with Crippen molar-refractivity contribution in [3.05, 3.63) is 27.8 Å². The highest BCUT2D eigenvalue weighted by molar-refractivity contribution is 6.17. The van der Waals surface area contributed by atoms with Gasteiger partial charge in [-0.2, -0.15) is 13.2 Å². The first-order valence-corrected chi connectivity index (χ1v) is 7.22. The molecule has 0 atom stereocenters. The van der Waals surface area contributed by atoms with Gasteiger partial charge in [0.2, 0.25) is 0 Å². The van der Waals surface area contributed by atoms with Gasteiger partial charge in [-0.25, -0.2) is 0 Å². The first-order valence-electron chi connectivity index (χ1n) is 6.68. The summed E-state index contributed by atoms with van der Waals surface area (Å²) in [4.78, 5) is 12.0. The minimum atomic E-state index is -4.18. The van der Waals surface area contributed by atoms with E-state index in [-0.39, 0.29) is 43.2 Å². The van der Waals surface area contributed by atoms with Gasteiger partial charge in [0.25, 0.3) is 5.69 Å². The molecule has 1 heterocycles. The maximum absolute atomic E-state index is 12.7. The zero-order valence-electron chi connectivity index (χ0n) is 11.6. The van der Waals surface area contributed by atoms with E-state index in [1.54, 1.807) is 4.90 Å². The second kappa shape index (κ2) is 6.20. The second-order valence-corrected chi connectivity index (χ2v) is 5.50. The van der Waals surface area contributed by atoms with Crippen molar-refractivity contribution in [2.75, 3.05) is 23.7 Å². The molecule has 1 aliphatic heterocycles. The summed E-state index contributed by atoms with van der Waals surface area (Å²) in [6.07, 6.45) is -4.21. The minimum Gasteiger partial charge on any atom is -0.393 e. The number of rotatable bonds is 3. The number of alkyl halides is 4. The van der Waals surface area contributed by atoms with Crippen molar-refractivity contribution in [2.24, 2.45) is 5.92 Å².